The first-order valence-corrected chi connectivity index (χ1v) is 7.37. The van der Waals surface area contributed by atoms with E-state index in [1.54, 1.807) is 24.3 Å². The second-order valence-electron chi connectivity index (χ2n) is 5.48. The normalized spacial score (nSPS) is 10.8. The van der Waals surface area contributed by atoms with Crippen LogP contribution in [0.4, 0.5) is 8.78 Å². The maximum atomic E-state index is 14.4. The Hall–Kier alpha value is -2.62. The van der Waals surface area contributed by atoms with Gasteiger partial charge in [-0.05, 0) is 55.8 Å². The zero-order chi connectivity index (χ0) is 16.4. The minimum Gasteiger partial charge on any atom is -0.489 e. The van der Waals surface area contributed by atoms with Gasteiger partial charge in [0.05, 0.1) is 5.69 Å². The Labute approximate surface area is 134 Å². The summed E-state index contributed by atoms with van der Waals surface area (Å²) in [6.45, 7) is 4.14. The first kappa shape index (κ1) is 15.3. The number of aromatic nitrogens is 1. The summed E-state index contributed by atoms with van der Waals surface area (Å²) < 4.78 is 34.7. The molecule has 0 saturated carbocycles. The highest BCUT2D eigenvalue weighted by Gasteiger charge is 2.10. The minimum absolute atomic E-state index is 0.265. The average molecular weight is 313 g/mol. The van der Waals surface area contributed by atoms with Gasteiger partial charge in [-0.1, -0.05) is 12.1 Å². The van der Waals surface area contributed by atoms with Gasteiger partial charge in [-0.3, -0.25) is 0 Å². The van der Waals surface area contributed by atoms with Gasteiger partial charge in [-0.15, -0.1) is 0 Å². The summed E-state index contributed by atoms with van der Waals surface area (Å²) in [5.74, 6) is -0.191. The summed E-state index contributed by atoms with van der Waals surface area (Å²) in [5.41, 5.74) is 3.27. The van der Waals surface area contributed by atoms with Gasteiger partial charge in [-0.2, -0.15) is 0 Å². The Morgan fingerprint density at radius 3 is 2.13 bits per heavy atom. The molecule has 118 valence electrons. The van der Waals surface area contributed by atoms with Crippen LogP contribution in [0, 0.1) is 25.5 Å². The number of aryl methyl sites for hydroxylation is 2. The van der Waals surface area contributed by atoms with E-state index in [4.69, 9.17) is 4.74 Å². The molecule has 0 aliphatic carbocycles. The standard InChI is InChI=1S/C19H17F2NO/c1-13-3-4-14(2)22(13)19-10-9-17(11-18(19)21)23-12-15-5-7-16(20)8-6-15/h3-11H,12H2,1-2H3. The monoisotopic (exact) mass is 313 g/mol. The molecule has 0 spiro atoms. The number of halogens is 2. The van der Waals surface area contributed by atoms with E-state index in [1.165, 1.54) is 18.2 Å². The van der Waals surface area contributed by atoms with Crippen LogP contribution in [0.15, 0.2) is 54.6 Å². The molecule has 23 heavy (non-hydrogen) atoms. The van der Waals surface area contributed by atoms with E-state index >= 15 is 0 Å². The molecule has 0 radical (unpaired) electrons. The first-order valence-electron chi connectivity index (χ1n) is 7.37. The van der Waals surface area contributed by atoms with Crippen molar-refractivity contribution < 1.29 is 13.5 Å². The second kappa shape index (κ2) is 6.24. The van der Waals surface area contributed by atoms with E-state index in [1.807, 2.05) is 30.5 Å². The van der Waals surface area contributed by atoms with Crippen molar-refractivity contribution in [1.29, 1.82) is 0 Å². The summed E-state index contributed by atoms with van der Waals surface area (Å²) in [7, 11) is 0. The third-order valence-corrected chi connectivity index (χ3v) is 3.75. The molecule has 1 aromatic heterocycles. The van der Waals surface area contributed by atoms with E-state index in [0.29, 0.717) is 11.4 Å². The fourth-order valence-corrected chi connectivity index (χ4v) is 2.55. The average Bonchev–Trinajstić information content (AvgIpc) is 2.86. The third-order valence-electron chi connectivity index (χ3n) is 3.75. The number of rotatable bonds is 4. The number of nitrogens with zero attached hydrogens (tertiary/aromatic N) is 1. The fourth-order valence-electron chi connectivity index (χ4n) is 2.55. The maximum absolute atomic E-state index is 14.4. The summed E-state index contributed by atoms with van der Waals surface area (Å²) in [5, 5.41) is 0. The molecule has 0 aliphatic heterocycles. The molecule has 4 heteroatoms. The van der Waals surface area contributed by atoms with Gasteiger partial charge in [0.2, 0.25) is 0 Å². The van der Waals surface area contributed by atoms with Crippen LogP contribution >= 0.6 is 0 Å². The van der Waals surface area contributed by atoms with Crippen LogP contribution in [-0.4, -0.2) is 4.57 Å². The van der Waals surface area contributed by atoms with Crippen molar-refractivity contribution in [3.8, 4) is 11.4 Å². The van der Waals surface area contributed by atoms with Crippen LogP contribution < -0.4 is 4.74 Å². The van der Waals surface area contributed by atoms with Crippen molar-refractivity contribution >= 4 is 0 Å². The quantitative estimate of drug-likeness (QED) is 0.664. The molecule has 1 heterocycles. The van der Waals surface area contributed by atoms with Gasteiger partial charge in [-0.25, -0.2) is 8.78 Å². The fraction of sp³-hybridized carbons (Fsp3) is 0.158. The highest BCUT2D eigenvalue weighted by Crippen LogP contribution is 2.24. The molecular formula is C19H17F2NO. The molecule has 0 N–H and O–H groups in total. The van der Waals surface area contributed by atoms with Crippen molar-refractivity contribution in [2.75, 3.05) is 0 Å². The predicted octanol–water partition coefficient (Wildman–Crippen LogP) is 4.95. The molecule has 2 aromatic carbocycles. The van der Waals surface area contributed by atoms with Crippen LogP contribution in [0.25, 0.3) is 5.69 Å². The lowest BCUT2D eigenvalue weighted by atomic mass is 10.2. The molecule has 2 nitrogen and oxygen atoms in total. The van der Waals surface area contributed by atoms with Crippen LogP contribution in [0.2, 0.25) is 0 Å². The van der Waals surface area contributed by atoms with E-state index in [0.717, 1.165) is 17.0 Å². The van der Waals surface area contributed by atoms with Crippen LogP contribution in [0.5, 0.6) is 5.75 Å². The van der Waals surface area contributed by atoms with Crippen molar-refractivity contribution in [2.24, 2.45) is 0 Å². The maximum Gasteiger partial charge on any atom is 0.150 e. The van der Waals surface area contributed by atoms with Gasteiger partial charge in [0.25, 0.3) is 0 Å². The molecule has 0 fully saturated rings. The molecule has 0 saturated heterocycles. The van der Waals surface area contributed by atoms with Gasteiger partial charge in [0.15, 0.2) is 5.82 Å². The second-order valence-corrected chi connectivity index (χ2v) is 5.48. The van der Waals surface area contributed by atoms with Crippen LogP contribution in [0.1, 0.15) is 17.0 Å². The Bertz CT molecular complexity index is 802. The molecule has 0 bridgehead atoms. The third kappa shape index (κ3) is 3.26. The van der Waals surface area contributed by atoms with E-state index in [2.05, 4.69) is 0 Å². The SMILES string of the molecule is Cc1ccc(C)n1-c1ccc(OCc2ccc(F)cc2)cc1F. The zero-order valence-corrected chi connectivity index (χ0v) is 13.0. The van der Waals surface area contributed by atoms with Crippen molar-refractivity contribution in [2.45, 2.75) is 20.5 Å². The summed E-state index contributed by atoms with van der Waals surface area (Å²) in [4.78, 5) is 0. The Balaban J connectivity index is 1.78. The molecule has 0 unspecified atom stereocenters. The van der Waals surface area contributed by atoms with Gasteiger partial charge < -0.3 is 9.30 Å². The highest BCUT2D eigenvalue weighted by atomic mass is 19.1. The molecular weight excluding hydrogens is 296 g/mol. The smallest absolute Gasteiger partial charge is 0.150 e. The summed E-state index contributed by atoms with van der Waals surface area (Å²) in [6.07, 6.45) is 0. The van der Waals surface area contributed by atoms with Gasteiger partial charge >= 0.3 is 0 Å². The topological polar surface area (TPSA) is 14.2 Å². The lowest BCUT2D eigenvalue weighted by molar-refractivity contribution is 0.304. The van der Waals surface area contributed by atoms with Crippen molar-refractivity contribution in [3.63, 3.8) is 0 Å². The van der Waals surface area contributed by atoms with Crippen LogP contribution in [0.3, 0.4) is 0 Å². The number of benzene rings is 2. The molecule has 0 aliphatic rings. The molecule has 3 aromatic rings. The predicted molar refractivity (Wildman–Crippen MR) is 85.9 cm³/mol. The lowest BCUT2D eigenvalue weighted by Crippen LogP contribution is -2.03. The number of hydrogen-bond donors (Lipinski definition) is 0. The van der Waals surface area contributed by atoms with E-state index < -0.39 is 0 Å². The number of hydrogen-bond acceptors (Lipinski definition) is 1. The lowest BCUT2D eigenvalue weighted by Gasteiger charge is -2.12. The molecule has 0 atom stereocenters. The highest BCUT2D eigenvalue weighted by molar-refractivity contribution is 5.42. The number of ether oxygens (including phenoxy) is 1. The largest absolute Gasteiger partial charge is 0.489 e. The summed E-state index contributed by atoms with van der Waals surface area (Å²) >= 11 is 0. The Kier molecular flexibility index (Phi) is 4.15. The van der Waals surface area contributed by atoms with E-state index in [-0.39, 0.29) is 18.2 Å². The Morgan fingerprint density at radius 2 is 1.52 bits per heavy atom. The molecule has 3 rings (SSSR count). The van der Waals surface area contributed by atoms with Crippen LogP contribution in [-0.2, 0) is 6.61 Å². The zero-order valence-electron chi connectivity index (χ0n) is 13.0. The van der Waals surface area contributed by atoms with Crippen molar-refractivity contribution in [3.05, 3.63) is 83.2 Å². The first-order chi connectivity index (χ1) is 11.0. The summed E-state index contributed by atoms with van der Waals surface area (Å²) in [6, 6.07) is 14.8. The molecule has 0 amide bonds. The van der Waals surface area contributed by atoms with Crippen molar-refractivity contribution in [1.82, 2.24) is 4.57 Å². The Morgan fingerprint density at radius 1 is 0.870 bits per heavy atom. The van der Waals surface area contributed by atoms with Gasteiger partial charge in [0.1, 0.15) is 18.2 Å². The van der Waals surface area contributed by atoms with Gasteiger partial charge in [0, 0.05) is 17.5 Å². The van der Waals surface area contributed by atoms with E-state index in [9.17, 15) is 8.78 Å². The minimum atomic E-state index is -0.344.